The Balaban J connectivity index is 1.80. The molecule has 5 rings (SSSR count). The van der Waals surface area contributed by atoms with Gasteiger partial charge in [-0.1, -0.05) is 64.8 Å². The third-order valence-corrected chi connectivity index (χ3v) is 6.35. The molecule has 1 unspecified atom stereocenters. The molecule has 3 aromatic carbocycles. The maximum atomic E-state index is 13.6. The van der Waals surface area contributed by atoms with Crippen LogP contribution in [0.15, 0.2) is 80.4 Å². The summed E-state index contributed by atoms with van der Waals surface area (Å²) in [5.41, 5.74) is 3.15. The zero-order valence-electron chi connectivity index (χ0n) is 16.6. The van der Waals surface area contributed by atoms with Crippen LogP contribution < -0.4 is 10.3 Å². The fraction of sp³-hybridized carbons (Fsp3) is 0.120. The Labute approximate surface area is 192 Å². The van der Waals surface area contributed by atoms with Gasteiger partial charge < -0.3 is 4.42 Å². The zero-order chi connectivity index (χ0) is 21.7. The molecule has 1 aliphatic heterocycles. The number of hydrogen-bond donors (Lipinski definition) is 0. The second kappa shape index (κ2) is 7.66. The molecule has 1 aromatic heterocycles. The van der Waals surface area contributed by atoms with Crippen molar-refractivity contribution in [2.24, 2.45) is 0 Å². The Bertz CT molecular complexity index is 1390. The largest absolute Gasteiger partial charge is 0.450 e. The third kappa shape index (κ3) is 3.29. The summed E-state index contributed by atoms with van der Waals surface area (Å²) in [5.74, 6) is -0.284. The molecule has 1 amide bonds. The molecular weight excluding hydrogens is 478 g/mol. The number of fused-ring (bicyclic) bond motifs is 2. The fourth-order valence-corrected chi connectivity index (χ4v) is 4.63. The molecule has 0 fully saturated rings. The molecule has 0 spiro atoms. The minimum absolute atomic E-state index is 0.0735. The molecule has 0 radical (unpaired) electrons. The molecule has 4 aromatic rings. The average molecular weight is 495 g/mol. The number of aryl methyl sites for hydroxylation is 1. The molecule has 0 aliphatic carbocycles. The van der Waals surface area contributed by atoms with Crippen LogP contribution in [0.25, 0.3) is 11.0 Å². The standard InChI is InChI=1S/C25H17BrClNO3/c1-2-14-6-8-15(9-7-14)22-21-23(29)19-12-16(26)10-11-20(19)31-24(21)25(30)28(22)18-5-3-4-17(27)13-18/h3-13,22H,2H2,1H3. The van der Waals surface area contributed by atoms with Gasteiger partial charge in [-0.2, -0.15) is 0 Å². The number of rotatable bonds is 3. The van der Waals surface area contributed by atoms with Crippen molar-refractivity contribution in [3.63, 3.8) is 0 Å². The second-order valence-electron chi connectivity index (χ2n) is 7.47. The monoisotopic (exact) mass is 493 g/mol. The lowest BCUT2D eigenvalue weighted by Gasteiger charge is -2.25. The van der Waals surface area contributed by atoms with E-state index in [0.717, 1.165) is 16.5 Å². The summed E-state index contributed by atoms with van der Waals surface area (Å²) in [7, 11) is 0. The number of nitrogens with zero attached hydrogens (tertiary/aromatic N) is 1. The van der Waals surface area contributed by atoms with Crippen molar-refractivity contribution in [2.45, 2.75) is 19.4 Å². The maximum Gasteiger partial charge on any atom is 0.295 e. The van der Waals surface area contributed by atoms with Crippen molar-refractivity contribution in [3.8, 4) is 0 Å². The van der Waals surface area contributed by atoms with Gasteiger partial charge in [-0.15, -0.1) is 0 Å². The van der Waals surface area contributed by atoms with Crippen LogP contribution in [0.2, 0.25) is 5.02 Å². The van der Waals surface area contributed by atoms with Crippen LogP contribution in [0.3, 0.4) is 0 Å². The normalized spacial score (nSPS) is 15.5. The first-order valence-corrected chi connectivity index (χ1v) is 11.1. The van der Waals surface area contributed by atoms with Crippen molar-refractivity contribution in [2.75, 3.05) is 4.90 Å². The predicted molar refractivity (Wildman–Crippen MR) is 126 cm³/mol. The number of benzene rings is 3. The van der Waals surface area contributed by atoms with E-state index in [1.54, 1.807) is 41.3 Å². The van der Waals surface area contributed by atoms with Gasteiger partial charge in [0.05, 0.1) is 17.0 Å². The highest BCUT2D eigenvalue weighted by Crippen LogP contribution is 2.41. The van der Waals surface area contributed by atoms with Crippen molar-refractivity contribution < 1.29 is 9.21 Å². The van der Waals surface area contributed by atoms with E-state index in [1.807, 2.05) is 30.3 Å². The fourth-order valence-electron chi connectivity index (χ4n) is 4.09. The molecule has 0 N–H and O–H groups in total. The quantitative estimate of drug-likeness (QED) is 0.326. The van der Waals surface area contributed by atoms with Gasteiger partial charge in [-0.3, -0.25) is 14.5 Å². The van der Waals surface area contributed by atoms with E-state index in [-0.39, 0.29) is 17.1 Å². The minimum atomic E-state index is -0.605. The zero-order valence-corrected chi connectivity index (χ0v) is 18.9. The number of carbonyl (C=O) groups is 1. The van der Waals surface area contributed by atoms with Gasteiger partial charge in [0.15, 0.2) is 5.43 Å². The average Bonchev–Trinajstić information content (AvgIpc) is 3.07. The van der Waals surface area contributed by atoms with Crippen LogP contribution in [0.1, 0.15) is 40.2 Å². The molecular formula is C25H17BrClNO3. The Morgan fingerprint density at radius 1 is 1.03 bits per heavy atom. The number of halogens is 2. The molecule has 6 heteroatoms. The van der Waals surface area contributed by atoms with Crippen molar-refractivity contribution in [1.82, 2.24) is 0 Å². The Hall–Kier alpha value is -2.89. The lowest BCUT2D eigenvalue weighted by atomic mass is 9.97. The van der Waals surface area contributed by atoms with Crippen LogP contribution in [-0.4, -0.2) is 5.91 Å². The van der Waals surface area contributed by atoms with Gasteiger partial charge in [0.25, 0.3) is 5.91 Å². The maximum absolute atomic E-state index is 13.6. The highest BCUT2D eigenvalue weighted by Gasteiger charge is 2.43. The van der Waals surface area contributed by atoms with E-state index >= 15 is 0 Å². The van der Waals surface area contributed by atoms with Crippen molar-refractivity contribution in [3.05, 3.63) is 109 Å². The van der Waals surface area contributed by atoms with E-state index in [4.69, 9.17) is 16.0 Å². The number of amides is 1. The summed E-state index contributed by atoms with van der Waals surface area (Å²) in [6.07, 6.45) is 0.902. The van der Waals surface area contributed by atoms with E-state index in [0.29, 0.717) is 27.2 Å². The molecule has 31 heavy (non-hydrogen) atoms. The predicted octanol–water partition coefficient (Wildman–Crippen LogP) is 6.52. The van der Waals surface area contributed by atoms with Gasteiger partial charge in [-0.25, -0.2) is 0 Å². The molecule has 0 saturated heterocycles. The summed E-state index contributed by atoms with van der Waals surface area (Å²) < 4.78 is 6.76. The molecule has 0 saturated carbocycles. The van der Waals surface area contributed by atoms with Crippen molar-refractivity contribution in [1.29, 1.82) is 0 Å². The Morgan fingerprint density at radius 3 is 2.52 bits per heavy atom. The minimum Gasteiger partial charge on any atom is -0.450 e. The van der Waals surface area contributed by atoms with Gasteiger partial charge in [0.1, 0.15) is 5.58 Å². The highest BCUT2D eigenvalue weighted by atomic mass is 79.9. The van der Waals surface area contributed by atoms with Gasteiger partial charge in [-0.05, 0) is 53.9 Å². The van der Waals surface area contributed by atoms with Crippen LogP contribution in [-0.2, 0) is 6.42 Å². The van der Waals surface area contributed by atoms with Crippen LogP contribution >= 0.6 is 27.5 Å². The molecule has 0 bridgehead atoms. The van der Waals surface area contributed by atoms with E-state index in [9.17, 15) is 9.59 Å². The Morgan fingerprint density at radius 2 is 1.81 bits per heavy atom. The summed E-state index contributed by atoms with van der Waals surface area (Å²) in [6.45, 7) is 2.08. The molecule has 1 atom stereocenters. The summed E-state index contributed by atoms with van der Waals surface area (Å²) in [5, 5.41) is 0.943. The number of hydrogen-bond acceptors (Lipinski definition) is 3. The smallest absolute Gasteiger partial charge is 0.295 e. The summed E-state index contributed by atoms with van der Waals surface area (Å²) in [6, 6.07) is 19.6. The molecule has 4 nitrogen and oxygen atoms in total. The van der Waals surface area contributed by atoms with E-state index in [2.05, 4.69) is 22.9 Å². The summed E-state index contributed by atoms with van der Waals surface area (Å²) >= 11 is 9.64. The van der Waals surface area contributed by atoms with E-state index in [1.165, 1.54) is 5.56 Å². The van der Waals surface area contributed by atoms with Crippen LogP contribution in [0.4, 0.5) is 5.69 Å². The van der Waals surface area contributed by atoms with Crippen LogP contribution in [0.5, 0.6) is 0 Å². The SMILES string of the molecule is CCc1ccc(C2c3c(oc4ccc(Br)cc4c3=O)C(=O)N2c2cccc(Cl)c2)cc1. The Kier molecular flexibility index (Phi) is 4.95. The first-order valence-electron chi connectivity index (χ1n) is 9.92. The first kappa shape index (κ1) is 20.0. The molecule has 2 heterocycles. The van der Waals surface area contributed by atoms with Crippen LogP contribution in [0, 0.1) is 0 Å². The lowest BCUT2D eigenvalue weighted by Crippen LogP contribution is -2.29. The highest BCUT2D eigenvalue weighted by molar-refractivity contribution is 9.10. The van der Waals surface area contributed by atoms with Gasteiger partial charge in [0, 0.05) is 15.2 Å². The van der Waals surface area contributed by atoms with Crippen molar-refractivity contribution >= 4 is 50.1 Å². The van der Waals surface area contributed by atoms with Gasteiger partial charge >= 0.3 is 0 Å². The second-order valence-corrected chi connectivity index (χ2v) is 8.82. The summed E-state index contributed by atoms with van der Waals surface area (Å²) in [4.78, 5) is 28.7. The number of carbonyl (C=O) groups excluding carboxylic acids is 1. The molecule has 154 valence electrons. The van der Waals surface area contributed by atoms with E-state index < -0.39 is 6.04 Å². The number of anilines is 1. The lowest BCUT2D eigenvalue weighted by molar-refractivity contribution is 0.0971. The third-order valence-electron chi connectivity index (χ3n) is 5.62. The molecule has 1 aliphatic rings. The topological polar surface area (TPSA) is 50.5 Å². The first-order chi connectivity index (χ1) is 15.0. The van der Waals surface area contributed by atoms with Gasteiger partial charge in [0.2, 0.25) is 5.76 Å².